The van der Waals surface area contributed by atoms with Crippen LogP contribution in [0.3, 0.4) is 0 Å². The van der Waals surface area contributed by atoms with Crippen LogP contribution in [0.15, 0.2) is 24.3 Å². The molecule has 0 aliphatic carbocycles. The van der Waals surface area contributed by atoms with Crippen molar-refractivity contribution in [3.8, 4) is 0 Å². The molecule has 10 heavy (non-hydrogen) atoms. The predicted octanol–water partition coefficient (Wildman–Crippen LogP) is 1.87. The third-order valence-electron chi connectivity index (χ3n) is 1.22. The molecule has 0 heterocycles. The van der Waals surface area contributed by atoms with Gasteiger partial charge < -0.3 is 0 Å². The molecule has 0 saturated heterocycles. The van der Waals surface area contributed by atoms with E-state index in [2.05, 4.69) is 42.1 Å². The van der Waals surface area contributed by atoms with Crippen LogP contribution in [0.2, 0.25) is 0 Å². The zero-order chi connectivity index (χ0) is 7.40. The number of hydrogen-bond acceptors (Lipinski definition) is 0. The molecule has 0 N–H and O–H groups in total. The maximum atomic E-state index is 2.75. The van der Waals surface area contributed by atoms with Gasteiger partial charge in [-0.15, -0.1) is 17.9 Å². The maximum Gasteiger partial charge on any atom is -0.0232 e. The molecule has 0 aromatic heterocycles. The lowest BCUT2D eigenvalue weighted by Crippen LogP contribution is -1.97. The summed E-state index contributed by atoms with van der Waals surface area (Å²) in [7, 11) is 7.18. The van der Waals surface area contributed by atoms with Crippen LogP contribution in [0.4, 0.5) is 0 Å². The van der Waals surface area contributed by atoms with Gasteiger partial charge in [0.2, 0.25) is 0 Å². The summed E-state index contributed by atoms with van der Waals surface area (Å²) in [6.45, 7) is 0. The highest BCUT2D eigenvalue weighted by Crippen LogP contribution is 2.21. The van der Waals surface area contributed by atoms with Crippen LogP contribution in [0, 0.1) is 0 Å². The van der Waals surface area contributed by atoms with E-state index in [-0.39, 0.29) is 0 Å². The van der Waals surface area contributed by atoms with Gasteiger partial charge in [-0.1, -0.05) is 40.8 Å². The van der Waals surface area contributed by atoms with Crippen molar-refractivity contribution < 1.29 is 0 Å². The second-order valence-electron chi connectivity index (χ2n) is 1.87. The van der Waals surface area contributed by atoms with Gasteiger partial charge in [0, 0.05) is 0 Å². The van der Waals surface area contributed by atoms with Crippen molar-refractivity contribution in [2.45, 2.75) is 0 Å². The summed E-state index contributed by atoms with van der Waals surface area (Å²) in [6.07, 6.45) is 0. The molecule has 0 saturated carbocycles. The Kier molecular flexibility index (Phi) is 4.28. The first-order valence-electron chi connectivity index (χ1n) is 2.90. The van der Waals surface area contributed by atoms with Crippen LogP contribution < -0.4 is 10.6 Å². The van der Waals surface area contributed by atoms with E-state index in [4.69, 9.17) is 0 Å². The molecule has 0 aliphatic rings. The summed E-state index contributed by atoms with van der Waals surface area (Å²) in [5, 5.41) is 2.83. The Hall–Kier alpha value is 0.940. The van der Waals surface area contributed by atoms with Gasteiger partial charge in [0.15, 0.2) is 0 Å². The van der Waals surface area contributed by atoms with Gasteiger partial charge >= 0.3 is 0 Å². The molecular formula is C6H10P4. The van der Waals surface area contributed by atoms with Crippen molar-refractivity contribution in [3.63, 3.8) is 0 Å². The maximum absolute atomic E-state index is 2.75. The standard InChI is InChI=1S/C6H10P4/c7-9-5-1-2-6(10-8)4-3-5/h1-4,9-10H,7-8H2. The molecule has 0 fully saturated rings. The lowest BCUT2D eigenvalue weighted by atomic mass is 10.4. The third-order valence-corrected chi connectivity index (χ3v) is 4.55. The minimum atomic E-state index is 0.841. The molecule has 0 amide bonds. The van der Waals surface area contributed by atoms with Gasteiger partial charge in [-0.2, -0.15) is 0 Å². The summed E-state index contributed by atoms with van der Waals surface area (Å²) in [4.78, 5) is 0. The van der Waals surface area contributed by atoms with E-state index in [9.17, 15) is 0 Å². The fourth-order valence-corrected chi connectivity index (χ4v) is 2.54. The van der Waals surface area contributed by atoms with Gasteiger partial charge in [-0.25, -0.2) is 0 Å². The van der Waals surface area contributed by atoms with E-state index < -0.39 is 0 Å². The minimum absolute atomic E-state index is 0.841. The molecular weight excluding hydrogens is 196 g/mol. The number of rotatable bonds is 2. The zero-order valence-electron chi connectivity index (χ0n) is 5.46. The summed E-state index contributed by atoms with van der Waals surface area (Å²) in [6, 6.07) is 8.77. The van der Waals surface area contributed by atoms with Crippen LogP contribution >= 0.6 is 34.4 Å². The first-order valence-corrected chi connectivity index (χ1v) is 8.52. The third kappa shape index (κ3) is 2.53. The van der Waals surface area contributed by atoms with Gasteiger partial charge in [0.1, 0.15) is 0 Å². The van der Waals surface area contributed by atoms with Gasteiger partial charge in [-0.3, -0.25) is 0 Å². The molecule has 1 rings (SSSR count). The van der Waals surface area contributed by atoms with Crippen LogP contribution in [0.5, 0.6) is 0 Å². The fraction of sp³-hybridized carbons (Fsp3) is 0. The Morgan fingerprint density at radius 1 is 0.800 bits per heavy atom. The molecule has 0 aliphatic heterocycles. The van der Waals surface area contributed by atoms with Gasteiger partial charge in [-0.05, 0) is 10.6 Å². The molecule has 0 radical (unpaired) electrons. The fourth-order valence-electron chi connectivity index (χ4n) is 0.663. The first kappa shape index (κ1) is 9.03. The smallest absolute Gasteiger partial charge is 0.0232 e. The van der Waals surface area contributed by atoms with E-state index in [1.165, 1.54) is 10.6 Å². The minimum Gasteiger partial charge on any atom is -0.110 e. The van der Waals surface area contributed by atoms with E-state index in [1.807, 2.05) is 0 Å². The van der Waals surface area contributed by atoms with Crippen molar-refractivity contribution >= 4 is 45.0 Å². The first-order chi connectivity index (χ1) is 4.86. The summed E-state index contributed by atoms with van der Waals surface area (Å²) < 4.78 is 0. The monoisotopic (exact) mass is 206 g/mol. The molecule has 0 spiro atoms. The Bertz CT molecular complexity index is 170. The molecule has 0 nitrogen and oxygen atoms in total. The normalized spacial score (nSPS) is 12.2. The van der Waals surface area contributed by atoms with Crippen molar-refractivity contribution in [1.82, 2.24) is 0 Å². The van der Waals surface area contributed by atoms with Crippen molar-refractivity contribution in [1.29, 1.82) is 0 Å². The molecule has 4 unspecified atom stereocenters. The van der Waals surface area contributed by atoms with E-state index in [1.54, 1.807) is 0 Å². The lowest BCUT2D eigenvalue weighted by Gasteiger charge is -1.97. The Morgan fingerprint density at radius 3 is 1.30 bits per heavy atom. The highest BCUT2D eigenvalue weighted by Gasteiger charge is 1.88. The van der Waals surface area contributed by atoms with Gasteiger partial charge in [0.05, 0.1) is 0 Å². The summed E-state index contributed by atoms with van der Waals surface area (Å²) >= 11 is 0. The zero-order valence-corrected chi connectivity index (χ0v) is 9.77. The average Bonchev–Trinajstić information content (AvgIpc) is 2.05. The molecule has 1 aromatic rings. The van der Waals surface area contributed by atoms with Crippen LogP contribution in [-0.2, 0) is 0 Å². The molecule has 54 valence electrons. The lowest BCUT2D eigenvalue weighted by molar-refractivity contribution is 1.86. The molecule has 4 heteroatoms. The topological polar surface area (TPSA) is 0 Å². The number of hydrogen-bond donors (Lipinski definition) is 0. The highest BCUT2D eigenvalue weighted by atomic mass is 32.0. The van der Waals surface area contributed by atoms with Crippen LogP contribution in [0.1, 0.15) is 0 Å². The molecule has 1 aromatic carbocycles. The van der Waals surface area contributed by atoms with E-state index in [0.29, 0.717) is 0 Å². The average molecular weight is 206 g/mol. The molecule has 4 atom stereocenters. The largest absolute Gasteiger partial charge is 0.110 e. The number of benzene rings is 1. The van der Waals surface area contributed by atoms with E-state index >= 15 is 0 Å². The van der Waals surface area contributed by atoms with Gasteiger partial charge in [0.25, 0.3) is 0 Å². The molecule has 0 bridgehead atoms. The second kappa shape index (κ2) is 4.74. The van der Waals surface area contributed by atoms with Crippen molar-refractivity contribution in [2.75, 3.05) is 0 Å². The Morgan fingerprint density at radius 2 is 1.10 bits per heavy atom. The van der Waals surface area contributed by atoms with E-state index in [0.717, 1.165) is 16.5 Å². The summed E-state index contributed by atoms with van der Waals surface area (Å²) in [5.41, 5.74) is 0. The van der Waals surface area contributed by atoms with Crippen molar-refractivity contribution in [2.24, 2.45) is 0 Å². The van der Waals surface area contributed by atoms with Crippen molar-refractivity contribution in [3.05, 3.63) is 24.3 Å². The van der Waals surface area contributed by atoms with Crippen LogP contribution in [0.25, 0.3) is 0 Å². The summed E-state index contributed by atoms with van der Waals surface area (Å²) in [5.74, 6) is 0. The quantitative estimate of drug-likeness (QED) is 0.648. The predicted molar refractivity (Wildman–Crippen MR) is 61.8 cm³/mol. The SMILES string of the molecule is PPc1ccc(PP)cc1. The Balaban J connectivity index is 2.80. The second-order valence-corrected chi connectivity index (χ2v) is 5.33. The highest BCUT2D eigenvalue weighted by molar-refractivity contribution is 8.07. The van der Waals surface area contributed by atoms with Crippen LogP contribution in [-0.4, -0.2) is 0 Å². The Labute approximate surface area is 69.7 Å².